The molecule has 1 amide bonds. The highest BCUT2D eigenvalue weighted by Gasteiger charge is 2.24. The molecule has 0 aliphatic carbocycles. The monoisotopic (exact) mass is 453 g/mol. The maximum absolute atomic E-state index is 13.8. The van der Waals surface area contributed by atoms with Crippen LogP contribution in [0.15, 0.2) is 36.9 Å². The van der Waals surface area contributed by atoms with Crippen molar-refractivity contribution in [2.45, 2.75) is 38.9 Å². The van der Waals surface area contributed by atoms with Gasteiger partial charge in [-0.2, -0.15) is 0 Å². The first-order valence-corrected chi connectivity index (χ1v) is 11.4. The largest absolute Gasteiger partial charge is 0.368 e. The van der Waals surface area contributed by atoms with Gasteiger partial charge >= 0.3 is 0 Å². The molecule has 0 saturated carbocycles. The van der Waals surface area contributed by atoms with Gasteiger partial charge < -0.3 is 15.2 Å². The molecular weight excluding hydrogens is 429 g/mol. The van der Waals surface area contributed by atoms with Crippen molar-refractivity contribution in [1.29, 1.82) is 0 Å². The van der Waals surface area contributed by atoms with Crippen molar-refractivity contribution in [3.05, 3.63) is 53.2 Å². The third-order valence-electron chi connectivity index (χ3n) is 5.80. The van der Waals surface area contributed by atoms with Crippen molar-refractivity contribution in [2.24, 2.45) is 0 Å². The Balaban J connectivity index is 1.56. The molecule has 1 aliphatic rings. The zero-order valence-corrected chi connectivity index (χ0v) is 18.7. The second-order valence-corrected chi connectivity index (χ2v) is 9.38. The third-order valence-corrected chi connectivity index (χ3v) is 6.82. The van der Waals surface area contributed by atoms with Crippen LogP contribution in [0.3, 0.4) is 0 Å². The number of alkyl halides is 1. The third kappa shape index (κ3) is 3.86. The van der Waals surface area contributed by atoms with Gasteiger partial charge in [0, 0.05) is 24.2 Å². The number of carbonyl (C=O) groups excluding carboxylic acids is 1. The lowest BCUT2D eigenvalue weighted by Crippen LogP contribution is -2.35. The fourth-order valence-electron chi connectivity index (χ4n) is 4.04. The number of thiophene rings is 1. The van der Waals surface area contributed by atoms with Gasteiger partial charge in [0.1, 0.15) is 12.5 Å². The van der Waals surface area contributed by atoms with Gasteiger partial charge in [-0.05, 0) is 44.9 Å². The van der Waals surface area contributed by atoms with Crippen molar-refractivity contribution in [3.8, 4) is 10.6 Å². The molecule has 5 heterocycles. The van der Waals surface area contributed by atoms with Crippen molar-refractivity contribution in [2.75, 3.05) is 18.0 Å². The number of hydrogen-bond donors (Lipinski definition) is 2. The lowest BCUT2D eigenvalue weighted by molar-refractivity contribution is 0.0938. The summed E-state index contributed by atoms with van der Waals surface area (Å²) in [5.41, 5.74) is 3.05. The van der Waals surface area contributed by atoms with E-state index in [0.29, 0.717) is 37.3 Å². The first kappa shape index (κ1) is 20.6. The summed E-state index contributed by atoms with van der Waals surface area (Å²) in [4.78, 5) is 25.2. The van der Waals surface area contributed by atoms with E-state index in [9.17, 15) is 9.18 Å². The smallest absolute Gasteiger partial charge is 0.253 e. The number of pyridine rings is 1. The van der Waals surface area contributed by atoms with E-state index in [0.717, 1.165) is 21.9 Å². The molecular formula is C22H24FN7OS. The maximum atomic E-state index is 13.8. The van der Waals surface area contributed by atoms with Crippen LogP contribution in [0.25, 0.3) is 16.2 Å². The van der Waals surface area contributed by atoms with E-state index in [1.54, 1.807) is 11.3 Å². The number of H-pyrrole nitrogens is 1. The minimum absolute atomic E-state index is 0.223. The maximum Gasteiger partial charge on any atom is 0.253 e. The molecule has 0 bridgehead atoms. The SMILES string of the molecule is Cc1ccc(-c2cnc3c(N4CCC(F)CC4)cc(C(=O)NC(C)c4nnc[nH]4)cn23)s1. The molecule has 1 aliphatic heterocycles. The van der Waals surface area contributed by atoms with Gasteiger partial charge in [-0.15, -0.1) is 21.5 Å². The topological polar surface area (TPSA) is 91.2 Å². The molecule has 0 radical (unpaired) electrons. The number of piperidine rings is 1. The number of rotatable bonds is 5. The number of aromatic nitrogens is 5. The van der Waals surface area contributed by atoms with Crippen LogP contribution in [-0.4, -0.2) is 49.7 Å². The molecule has 1 unspecified atom stereocenters. The predicted molar refractivity (Wildman–Crippen MR) is 122 cm³/mol. The minimum Gasteiger partial charge on any atom is -0.368 e. The molecule has 8 nitrogen and oxygen atoms in total. The molecule has 1 saturated heterocycles. The molecule has 32 heavy (non-hydrogen) atoms. The second kappa shape index (κ2) is 8.34. The number of anilines is 1. The molecule has 0 aromatic carbocycles. The molecule has 5 rings (SSSR count). The van der Waals surface area contributed by atoms with Crippen LogP contribution in [0.1, 0.15) is 46.9 Å². The van der Waals surface area contributed by atoms with Crippen molar-refractivity contribution >= 4 is 28.6 Å². The average molecular weight is 454 g/mol. The van der Waals surface area contributed by atoms with Gasteiger partial charge in [-0.3, -0.25) is 9.20 Å². The van der Waals surface area contributed by atoms with Gasteiger partial charge in [0.05, 0.1) is 34.1 Å². The minimum atomic E-state index is -0.777. The summed E-state index contributed by atoms with van der Waals surface area (Å²) < 4.78 is 15.7. The standard InChI is InChI=1S/C22H24FN7OS/c1-13-3-4-19(32-13)18-10-24-21-17(29-7-5-16(23)6-8-29)9-15(11-30(18)21)22(31)27-14(2)20-25-12-26-28-20/h3-4,9-12,14,16H,5-8H2,1-2H3,(H,27,31)(H,25,26,28). The highest BCUT2D eigenvalue weighted by molar-refractivity contribution is 7.15. The summed E-state index contributed by atoms with van der Waals surface area (Å²) in [5, 5.41) is 10.7. The number of aromatic amines is 1. The Kier molecular flexibility index (Phi) is 5.38. The van der Waals surface area contributed by atoms with E-state index < -0.39 is 6.17 Å². The van der Waals surface area contributed by atoms with Crippen molar-refractivity contribution in [1.82, 2.24) is 29.9 Å². The van der Waals surface area contributed by atoms with Gasteiger partial charge in [-0.1, -0.05) is 0 Å². The first-order valence-electron chi connectivity index (χ1n) is 10.6. The van der Waals surface area contributed by atoms with E-state index in [-0.39, 0.29) is 11.9 Å². The molecule has 4 aromatic rings. The van der Waals surface area contributed by atoms with Crippen molar-refractivity contribution < 1.29 is 9.18 Å². The molecule has 166 valence electrons. The molecule has 2 N–H and O–H groups in total. The zero-order chi connectivity index (χ0) is 22.2. The number of imidazole rings is 1. The number of aryl methyl sites for hydroxylation is 1. The number of halogens is 1. The van der Waals surface area contributed by atoms with Crippen LogP contribution in [-0.2, 0) is 0 Å². The van der Waals surface area contributed by atoms with E-state index in [1.165, 1.54) is 11.2 Å². The lowest BCUT2D eigenvalue weighted by atomic mass is 10.1. The summed E-state index contributed by atoms with van der Waals surface area (Å²) in [6.07, 6.45) is 5.31. The molecule has 1 atom stereocenters. The zero-order valence-electron chi connectivity index (χ0n) is 17.9. The van der Waals surface area contributed by atoms with Gasteiger partial charge in [-0.25, -0.2) is 9.37 Å². The van der Waals surface area contributed by atoms with Crippen LogP contribution < -0.4 is 10.2 Å². The molecule has 4 aromatic heterocycles. The number of nitrogens with one attached hydrogen (secondary N) is 2. The Morgan fingerprint density at radius 3 is 2.84 bits per heavy atom. The Morgan fingerprint density at radius 2 is 2.16 bits per heavy atom. The quantitative estimate of drug-likeness (QED) is 0.478. The number of hydrogen-bond acceptors (Lipinski definition) is 6. The Bertz CT molecular complexity index is 1240. The van der Waals surface area contributed by atoms with Crippen LogP contribution in [0, 0.1) is 6.92 Å². The average Bonchev–Trinajstić information content (AvgIpc) is 3.54. The van der Waals surface area contributed by atoms with Crippen LogP contribution in [0.4, 0.5) is 10.1 Å². The molecule has 1 fully saturated rings. The molecule has 10 heteroatoms. The number of carbonyl (C=O) groups is 1. The van der Waals surface area contributed by atoms with E-state index in [4.69, 9.17) is 0 Å². The summed E-state index contributed by atoms with van der Waals surface area (Å²) in [6, 6.07) is 5.67. The van der Waals surface area contributed by atoms with Crippen molar-refractivity contribution in [3.63, 3.8) is 0 Å². The second-order valence-electron chi connectivity index (χ2n) is 8.09. The fourth-order valence-corrected chi connectivity index (χ4v) is 4.92. The van der Waals surface area contributed by atoms with Gasteiger partial charge in [0.25, 0.3) is 5.91 Å². The summed E-state index contributed by atoms with van der Waals surface area (Å²) in [6.45, 7) is 5.10. The van der Waals surface area contributed by atoms with Crippen LogP contribution >= 0.6 is 11.3 Å². The van der Waals surface area contributed by atoms with E-state index in [1.807, 2.05) is 29.8 Å². The van der Waals surface area contributed by atoms with E-state index >= 15 is 0 Å². The normalized spacial score (nSPS) is 15.9. The summed E-state index contributed by atoms with van der Waals surface area (Å²) in [5.74, 6) is 0.362. The highest BCUT2D eigenvalue weighted by atomic mass is 32.1. The summed E-state index contributed by atoms with van der Waals surface area (Å²) >= 11 is 1.68. The number of nitrogens with zero attached hydrogens (tertiary/aromatic N) is 5. The lowest BCUT2D eigenvalue weighted by Gasteiger charge is -2.31. The fraction of sp³-hybridized carbons (Fsp3) is 0.364. The summed E-state index contributed by atoms with van der Waals surface area (Å²) in [7, 11) is 0. The van der Waals surface area contributed by atoms with Gasteiger partial charge in [0.15, 0.2) is 11.5 Å². The van der Waals surface area contributed by atoms with E-state index in [2.05, 4.69) is 49.4 Å². The van der Waals surface area contributed by atoms with Crippen LogP contribution in [0.2, 0.25) is 0 Å². The molecule has 0 spiro atoms. The highest BCUT2D eigenvalue weighted by Crippen LogP contribution is 2.33. The van der Waals surface area contributed by atoms with Crippen LogP contribution in [0.5, 0.6) is 0 Å². The number of amides is 1. The van der Waals surface area contributed by atoms with Gasteiger partial charge in [0.2, 0.25) is 0 Å². The Labute approximate surface area is 188 Å². The number of fused-ring (bicyclic) bond motifs is 1. The first-order chi connectivity index (χ1) is 15.5. The predicted octanol–water partition coefficient (Wildman–Crippen LogP) is 3.92. The Morgan fingerprint density at radius 1 is 1.34 bits per heavy atom. The Hall–Kier alpha value is -3.27.